The molecule has 0 aromatic heterocycles. The number of anilines is 1. The fourth-order valence-corrected chi connectivity index (χ4v) is 1.66. The average molecular weight is 216 g/mol. The van der Waals surface area contributed by atoms with Crippen LogP contribution >= 0.6 is 0 Å². The summed E-state index contributed by atoms with van der Waals surface area (Å²) in [6.45, 7) is 3.39. The number of hydrogen-bond acceptors (Lipinski definition) is 4. The van der Waals surface area contributed by atoms with Gasteiger partial charge in [0.15, 0.2) is 5.78 Å². The quantitative estimate of drug-likeness (QED) is 0.729. The molecule has 0 fully saturated rings. The molecule has 0 saturated heterocycles. The smallest absolute Gasteiger partial charge is 0.204 e. The summed E-state index contributed by atoms with van der Waals surface area (Å²) in [5.74, 6) is 0.634. The number of nitrogens with one attached hydrogen (secondary N) is 1. The largest absolute Gasteiger partial charge is 0.471 e. The molecule has 0 saturated carbocycles. The van der Waals surface area contributed by atoms with Crippen molar-refractivity contribution in [3.63, 3.8) is 0 Å². The van der Waals surface area contributed by atoms with Gasteiger partial charge in [-0.2, -0.15) is 5.26 Å². The lowest BCUT2D eigenvalue weighted by molar-refractivity contribution is 0.101. The lowest BCUT2D eigenvalue weighted by Crippen LogP contribution is -2.38. The topological polar surface area (TPSA) is 62.1 Å². The van der Waals surface area contributed by atoms with Gasteiger partial charge in [0.05, 0.1) is 11.7 Å². The number of hydrogen-bond donors (Lipinski definition) is 1. The van der Waals surface area contributed by atoms with Crippen molar-refractivity contribution in [2.75, 3.05) is 5.32 Å². The highest BCUT2D eigenvalue weighted by Gasteiger charge is 2.26. The number of fused-ring (bicyclic) bond motifs is 1. The van der Waals surface area contributed by atoms with Crippen LogP contribution in [0.1, 0.15) is 24.2 Å². The fourth-order valence-electron chi connectivity index (χ4n) is 1.66. The van der Waals surface area contributed by atoms with E-state index in [9.17, 15) is 4.79 Å². The summed E-state index contributed by atoms with van der Waals surface area (Å²) in [6.07, 6.45) is -0.490. The Balaban J connectivity index is 2.37. The monoisotopic (exact) mass is 216 g/mol. The Hall–Kier alpha value is -2.02. The number of rotatable bonds is 1. The van der Waals surface area contributed by atoms with Gasteiger partial charge < -0.3 is 10.1 Å². The Kier molecular flexibility index (Phi) is 2.53. The molecule has 0 amide bonds. The number of ketones is 1. The van der Waals surface area contributed by atoms with Crippen LogP contribution in [0.15, 0.2) is 18.2 Å². The van der Waals surface area contributed by atoms with Crippen molar-refractivity contribution in [3.8, 4) is 11.8 Å². The van der Waals surface area contributed by atoms with E-state index in [-0.39, 0.29) is 11.8 Å². The molecule has 2 unspecified atom stereocenters. The van der Waals surface area contributed by atoms with E-state index in [0.717, 1.165) is 5.69 Å². The van der Waals surface area contributed by atoms with Gasteiger partial charge in [-0.1, -0.05) is 0 Å². The van der Waals surface area contributed by atoms with Crippen LogP contribution in [-0.4, -0.2) is 17.9 Å². The molecule has 0 aliphatic carbocycles. The number of carbonyl (C=O) groups excluding carboxylic acids is 1. The first-order valence-electron chi connectivity index (χ1n) is 5.09. The predicted molar refractivity (Wildman–Crippen MR) is 59.6 cm³/mol. The van der Waals surface area contributed by atoms with Crippen molar-refractivity contribution in [2.24, 2.45) is 0 Å². The fraction of sp³-hybridized carbons (Fsp3) is 0.333. The SMILES string of the molecule is CC(=O)c1ccc2c(c1)NC(C)C(C#N)O2. The Labute approximate surface area is 93.8 Å². The molecule has 1 aromatic carbocycles. The zero-order valence-corrected chi connectivity index (χ0v) is 9.15. The summed E-state index contributed by atoms with van der Waals surface area (Å²) >= 11 is 0. The second-order valence-corrected chi connectivity index (χ2v) is 3.87. The molecule has 1 aliphatic heterocycles. The van der Waals surface area contributed by atoms with Crippen LogP contribution in [0.5, 0.6) is 5.75 Å². The lowest BCUT2D eigenvalue weighted by Gasteiger charge is -2.29. The molecule has 2 atom stereocenters. The molecule has 0 radical (unpaired) electrons. The van der Waals surface area contributed by atoms with E-state index in [1.807, 2.05) is 6.92 Å². The van der Waals surface area contributed by atoms with E-state index in [2.05, 4.69) is 11.4 Å². The molecule has 1 aliphatic rings. The van der Waals surface area contributed by atoms with Crippen molar-refractivity contribution in [1.82, 2.24) is 0 Å². The molecule has 4 nitrogen and oxygen atoms in total. The highest BCUT2D eigenvalue weighted by Crippen LogP contribution is 2.32. The van der Waals surface area contributed by atoms with Gasteiger partial charge in [0, 0.05) is 5.56 Å². The Morgan fingerprint density at radius 1 is 1.56 bits per heavy atom. The molecular formula is C12H12N2O2. The predicted octanol–water partition coefficient (Wildman–Crippen LogP) is 1.97. The third-order valence-corrected chi connectivity index (χ3v) is 2.60. The van der Waals surface area contributed by atoms with Gasteiger partial charge in [0.1, 0.15) is 11.8 Å². The number of carbonyl (C=O) groups is 1. The van der Waals surface area contributed by atoms with Gasteiger partial charge in [-0.15, -0.1) is 0 Å². The zero-order chi connectivity index (χ0) is 11.7. The van der Waals surface area contributed by atoms with Crippen molar-refractivity contribution in [3.05, 3.63) is 23.8 Å². The zero-order valence-electron chi connectivity index (χ0n) is 9.15. The number of nitriles is 1. The number of Topliss-reactive ketones (excluding diaryl/α,β-unsaturated/α-hetero) is 1. The molecule has 2 rings (SSSR count). The van der Waals surface area contributed by atoms with Gasteiger partial charge in [-0.05, 0) is 32.0 Å². The first-order valence-corrected chi connectivity index (χ1v) is 5.09. The highest BCUT2D eigenvalue weighted by atomic mass is 16.5. The van der Waals surface area contributed by atoms with Crippen LogP contribution in [-0.2, 0) is 0 Å². The minimum absolute atomic E-state index is 0.0136. The summed E-state index contributed by atoms with van der Waals surface area (Å²) in [5.41, 5.74) is 1.41. The summed E-state index contributed by atoms with van der Waals surface area (Å²) in [5, 5.41) is 12.0. The van der Waals surface area contributed by atoms with Crippen LogP contribution < -0.4 is 10.1 Å². The maximum absolute atomic E-state index is 11.2. The molecular weight excluding hydrogens is 204 g/mol. The minimum atomic E-state index is -0.490. The van der Waals surface area contributed by atoms with E-state index in [1.54, 1.807) is 18.2 Å². The molecule has 1 heterocycles. The first kappa shape index (κ1) is 10.5. The van der Waals surface area contributed by atoms with E-state index in [1.165, 1.54) is 6.92 Å². The first-order chi connectivity index (χ1) is 7.61. The third kappa shape index (κ3) is 1.72. The standard InChI is InChI=1S/C12H12N2O2/c1-7-12(6-13)16-11-4-3-9(8(2)15)5-10(11)14-7/h3-5,7,12,14H,1-2H3. The molecule has 1 aromatic rings. The van der Waals surface area contributed by atoms with Gasteiger partial charge in [-0.25, -0.2) is 0 Å². The molecule has 0 spiro atoms. The molecule has 1 N–H and O–H groups in total. The second-order valence-electron chi connectivity index (χ2n) is 3.87. The molecule has 16 heavy (non-hydrogen) atoms. The van der Waals surface area contributed by atoms with Crippen LogP contribution in [0.3, 0.4) is 0 Å². The highest BCUT2D eigenvalue weighted by molar-refractivity contribution is 5.95. The molecule has 82 valence electrons. The van der Waals surface area contributed by atoms with E-state index in [4.69, 9.17) is 10.00 Å². The van der Waals surface area contributed by atoms with Crippen molar-refractivity contribution in [1.29, 1.82) is 5.26 Å². The van der Waals surface area contributed by atoms with E-state index < -0.39 is 6.10 Å². The number of ether oxygens (including phenoxy) is 1. The Morgan fingerprint density at radius 3 is 2.94 bits per heavy atom. The average Bonchev–Trinajstić information content (AvgIpc) is 2.27. The Morgan fingerprint density at radius 2 is 2.31 bits per heavy atom. The van der Waals surface area contributed by atoms with Crippen LogP contribution in [0, 0.1) is 11.3 Å². The number of nitrogens with zero attached hydrogens (tertiary/aromatic N) is 1. The number of benzene rings is 1. The van der Waals surface area contributed by atoms with E-state index >= 15 is 0 Å². The lowest BCUT2D eigenvalue weighted by atomic mass is 10.1. The van der Waals surface area contributed by atoms with Gasteiger partial charge in [-0.3, -0.25) is 4.79 Å². The van der Waals surface area contributed by atoms with Crippen molar-refractivity contribution < 1.29 is 9.53 Å². The summed E-state index contributed by atoms with van der Waals surface area (Å²) in [4.78, 5) is 11.2. The van der Waals surface area contributed by atoms with Crippen LogP contribution in [0.4, 0.5) is 5.69 Å². The third-order valence-electron chi connectivity index (χ3n) is 2.60. The van der Waals surface area contributed by atoms with Crippen molar-refractivity contribution in [2.45, 2.75) is 26.0 Å². The summed E-state index contributed by atoms with van der Waals surface area (Å²) in [7, 11) is 0. The maximum atomic E-state index is 11.2. The van der Waals surface area contributed by atoms with Crippen LogP contribution in [0.2, 0.25) is 0 Å². The summed E-state index contributed by atoms with van der Waals surface area (Å²) < 4.78 is 5.49. The van der Waals surface area contributed by atoms with Crippen molar-refractivity contribution >= 4 is 11.5 Å². The normalized spacial score (nSPS) is 22.3. The Bertz CT molecular complexity index is 476. The maximum Gasteiger partial charge on any atom is 0.204 e. The van der Waals surface area contributed by atoms with Gasteiger partial charge >= 0.3 is 0 Å². The van der Waals surface area contributed by atoms with Gasteiger partial charge in [0.25, 0.3) is 0 Å². The van der Waals surface area contributed by atoms with Gasteiger partial charge in [0.2, 0.25) is 6.10 Å². The van der Waals surface area contributed by atoms with Crippen LogP contribution in [0.25, 0.3) is 0 Å². The minimum Gasteiger partial charge on any atom is -0.471 e. The molecule has 0 bridgehead atoms. The summed E-state index contributed by atoms with van der Waals surface area (Å²) in [6, 6.07) is 7.17. The second kappa shape index (κ2) is 3.86. The van der Waals surface area contributed by atoms with E-state index in [0.29, 0.717) is 11.3 Å². The molecule has 4 heteroatoms.